The van der Waals surface area contributed by atoms with Gasteiger partial charge in [0.1, 0.15) is 5.69 Å². The minimum absolute atomic E-state index is 0.0698. The van der Waals surface area contributed by atoms with E-state index in [1.807, 2.05) is 60.4 Å². The van der Waals surface area contributed by atoms with Gasteiger partial charge >= 0.3 is 0 Å². The summed E-state index contributed by atoms with van der Waals surface area (Å²) >= 11 is 7.70. The van der Waals surface area contributed by atoms with Gasteiger partial charge in [-0.05, 0) is 49.4 Å². The molecule has 0 radical (unpaired) electrons. The second-order valence-electron chi connectivity index (χ2n) is 8.91. The van der Waals surface area contributed by atoms with Crippen molar-refractivity contribution in [1.29, 1.82) is 0 Å². The summed E-state index contributed by atoms with van der Waals surface area (Å²) in [5.41, 5.74) is 2.55. The summed E-state index contributed by atoms with van der Waals surface area (Å²) in [4.78, 5) is 34.0. The normalized spacial score (nSPS) is 21.0. The summed E-state index contributed by atoms with van der Waals surface area (Å²) in [5.74, 6) is 0.176. The van der Waals surface area contributed by atoms with E-state index in [4.69, 9.17) is 11.6 Å². The van der Waals surface area contributed by atoms with Gasteiger partial charge in [0.25, 0.3) is 11.8 Å². The van der Waals surface area contributed by atoms with E-state index in [0.717, 1.165) is 39.2 Å². The van der Waals surface area contributed by atoms with E-state index < -0.39 is 0 Å². The molecule has 2 aliphatic rings. The van der Waals surface area contributed by atoms with E-state index in [2.05, 4.69) is 20.5 Å². The number of para-hydroxylation sites is 1. The Labute approximate surface area is 205 Å². The molecule has 2 aromatic heterocycles. The van der Waals surface area contributed by atoms with E-state index in [0.29, 0.717) is 28.9 Å². The van der Waals surface area contributed by atoms with Crippen LogP contribution >= 0.6 is 22.9 Å². The van der Waals surface area contributed by atoms with E-state index in [1.54, 1.807) is 0 Å². The Kier molecular flexibility index (Phi) is 5.15. The first-order chi connectivity index (χ1) is 16.5. The van der Waals surface area contributed by atoms with Gasteiger partial charge in [0.2, 0.25) is 0 Å². The third-order valence-corrected chi connectivity index (χ3v) is 7.91. The van der Waals surface area contributed by atoms with Crippen LogP contribution < -0.4 is 5.32 Å². The predicted octanol–water partition coefficient (Wildman–Crippen LogP) is 4.68. The molecule has 2 N–H and O–H groups in total. The Morgan fingerprint density at radius 1 is 1.18 bits per heavy atom. The highest BCUT2D eigenvalue weighted by atomic mass is 35.5. The number of fused-ring (bicyclic) bond motifs is 2. The van der Waals surface area contributed by atoms with E-state index >= 15 is 0 Å². The zero-order valence-corrected chi connectivity index (χ0v) is 20.0. The number of aromatic amines is 1. The molecule has 2 fully saturated rings. The van der Waals surface area contributed by atoms with E-state index in [9.17, 15) is 9.59 Å². The van der Waals surface area contributed by atoms with Crippen molar-refractivity contribution in [3.8, 4) is 10.4 Å². The highest BCUT2D eigenvalue weighted by molar-refractivity contribution is 7.15. The van der Waals surface area contributed by atoms with Crippen LogP contribution in [0.15, 0.2) is 48.5 Å². The minimum atomic E-state index is -0.241. The smallest absolute Gasteiger partial charge is 0.274 e. The van der Waals surface area contributed by atoms with Crippen LogP contribution in [0.25, 0.3) is 21.3 Å². The van der Waals surface area contributed by atoms with Gasteiger partial charge in [-0.15, -0.1) is 11.3 Å². The van der Waals surface area contributed by atoms with Gasteiger partial charge < -0.3 is 10.2 Å². The number of likely N-dealkylation sites (tertiary alicyclic amines) is 1. The average molecular weight is 492 g/mol. The molecule has 0 bridgehead atoms. The van der Waals surface area contributed by atoms with Crippen LogP contribution in [0.2, 0.25) is 5.02 Å². The summed E-state index contributed by atoms with van der Waals surface area (Å²) in [5, 5.41) is 12.3. The number of nitrogens with one attached hydrogen (secondary N) is 2. The largest absolute Gasteiger partial charge is 0.349 e. The summed E-state index contributed by atoms with van der Waals surface area (Å²) in [6.45, 7) is 2.29. The van der Waals surface area contributed by atoms with Gasteiger partial charge in [0.05, 0.1) is 21.4 Å². The Balaban J connectivity index is 1.23. The Morgan fingerprint density at radius 2 is 2.03 bits per heavy atom. The molecular weight excluding hydrogens is 470 g/mol. The van der Waals surface area contributed by atoms with Gasteiger partial charge in [0.15, 0.2) is 5.69 Å². The molecule has 1 aliphatic heterocycles. The summed E-state index contributed by atoms with van der Waals surface area (Å²) in [7, 11) is 0. The van der Waals surface area contributed by atoms with Crippen molar-refractivity contribution in [2.24, 2.45) is 5.92 Å². The lowest BCUT2D eigenvalue weighted by Crippen LogP contribution is -2.45. The van der Waals surface area contributed by atoms with Crippen LogP contribution in [0.3, 0.4) is 0 Å². The van der Waals surface area contributed by atoms with Gasteiger partial charge in [-0.2, -0.15) is 5.10 Å². The number of carbonyl (C=O) groups is 2. The molecular formula is C25H22ClN5O2S. The number of benzene rings is 2. The summed E-state index contributed by atoms with van der Waals surface area (Å²) < 4.78 is 0. The Bertz CT molecular complexity index is 1430. The van der Waals surface area contributed by atoms with Crippen LogP contribution in [0.4, 0.5) is 0 Å². The standard InChI is InChI=1S/C25H22ClN5O2S/c1-13-28-22(23(34-13)14-5-4-6-16(26)9-14)25(33)31-17(10-15-11-20(15)31)12-27-24(32)21-18-7-2-3-8-19(18)29-30-21/h2-9,15,17,20H,10-12H2,1H3,(H,27,32)(H,29,30)/t15?,17?,20-/m0/s1. The first kappa shape index (κ1) is 21.3. The van der Waals surface area contributed by atoms with Crippen molar-refractivity contribution < 1.29 is 9.59 Å². The molecule has 1 saturated carbocycles. The zero-order chi connectivity index (χ0) is 23.4. The lowest BCUT2D eigenvalue weighted by molar-refractivity contribution is 0.0684. The number of hydrogen-bond donors (Lipinski definition) is 2. The van der Waals surface area contributed by atoms with Gasteiger partial charge in [-0.3, -0.25) is 14.7 Å². The molecule has 2 amide bonds. The number of carbonyl (C=O) groups excluding carboxylic acids is 2. The lowest BCUT2D eigenvalue weighted by atomic mass is 10.1. The first-order valence-electron chi connectivity index (χ1n) is 11.3. The molecule has 34 heavy (non-hydrogen) atoms. The van der Waals surface area contributed by atoms with Crippen molar-refractivity contribution in [3.63, 3.8) is 0 Å². The maximum Gasteiger partial charge on any atom is 0.274 e. The molecule has 9 heteroatoms. The molecule has 6 rings (SSSR count). The number of hydrogen-bond acceptors (Lipinski definition) is 5. The molecule has 1 saturated heterocycles. The van der Waals surface area contributed by atoms with Crippen LogP contribution in [-0.4, -0.2) is 50.5 Å². The van der Waals surface area contributed by atoms with Crippen molar-refractivity contribution in [1.82, 2.24) is 25.4 Å². The Hall–Kier alpha value is -3.23. The van der Waals surface area contributed by atoms with Crippen LogP contribution in [0.1, 0.15) is 38.8 Å². The highest BCUT2D eigenvalue weighted by Crippen LogP contribution is 2.48. The van der Waals surface area contributed by atoms with Crippen molar-refractivity contribution in [2.45, 2.75) is 31.8 Å². The maximum absolute atomic E-state index is 13.7. The quantitative estimate of drug-likeness (QED) is 0.424. The first-order valence-corrected chi connectivity index (χ1v) is 12.5. The number of aromatic nitrogens is 3. The number of amides is 2. The maximum atomic E-state index is 13.7. The van der Waals surface area contributed by atoms with Crippen LogP contribution in [0, 0.1) is 12.8 Å². The minimum Gasteiger partial charge on any atom is -0.349 e. The number of thiazole rings is 1. The molecule has 3 heterocycles. The molecule has 2 aromatic carbocycles. The fourth-order valence-electron chi connectivity index (χ4n) is 5.01. The molecule has 7 nitrogen and oxygen atoms in total. The van der Waals surface area contributed by atoms with Crippen molar-refractivity contribution in [3.05, 3.63) is 69.9 Å². The topological polar surface area (TPSA) is 91.0 Å². The summed E-state index contributed by atoms with van der Waals surface area (Å²) in [6.07, 6.45) is 1.89. The van der Waals surface area contributed by atoms with Gasteiger partial charge in [0, 0.05) is 23.0 Å². The van der Waals surface area contributed by atoms with Crippen LogP contribution in [0.5, 0.6) is 0 Å². The van der Waals surface area contributed by atoms with E-state index in [-0.39, 0.29) is 23.9 Å². The second-order valence-corrected chi connectivity index (χ2v) is 10.6. The van der Waals surface area contributed by atoms with Gasteiger partial charge in [-0.1, -0.05) is 41.9 Å². The van der Waals surface area contributed by atoms with Crippen molar-refractivity contribution in [2.75, 3.05) is 6.54 Å². The number of H-pyrrole nitrogens is 1. The fraction of sp³-hybridized carbons (Fsp3) is 0.280. The second kappa shape index (κ2) is 8.21. The van der Waals surface area contributed by atoms with E-state index in [1.165, 1.54) is 11.3 Å². The third kappa shape index (κ3) is 3.67. The molecule has 4 aromatic rings. The molecule has 2 unspecified atom stereocenters. The van der Waals surface area contributed by atoms with Gasteiger partial charge in [-0.25, -0.2) is 4.98 Å². The summed E-state index contributed by atoms with van der Waals surface area (Å²) in [6, 6.07) is 15.2. The number of rotatable bonds is 5. The average Bonchev–Trinajstić information content (AvgIpc) is 3.17. The number of halogens is 1. The van der Waals surface area contributed by atoms with Crippen molar-refractivity contribution >= 4 is 45.7 Å². The number of nitrogens with zero attached hydrogens (tertiary/aromatic N) is 3. The predicted molar refractivity (Wildman–Crippen MR) is 132 cm³/mol. The highest BCUT2D eigenvalue weighted by Gasteiger charge is 2.54. The monoisotopic (exact) mass is 491 g/mol. The molecule has 1 aliphatic carbocycles. The lowest BCUT2D eigenvalue weighted by Gasteiger charge is -2.27. The Morgan fingerprint density at radius 3 is 2.88 bits per heavy atom. The molecule has 0 spiro atoms. The third-order valence-electron chi connectivity index (χ3n) is 6.65. The molecule has 3 atom stereocenters. The fourth-order valence-corrected chi connectivity index (χ4v) is 6.11. The molecule has 172 valence electrons. The number of piperidine rings is 1. The van der Waals surface area contributed by atoms with Crippen LogP contribution in [-0.2, 0) is 0 Å². The number of aryl methyl sites for hydroxylation is 1. The zero-order valence-electron chi connectivity index (χ0n) is 18.4. The SMILES string of the molecule is Cc1nc(C(=O)N2C(CNC(=O)c3n[nH]c4ccccc34)CC3C[C@@H]32)c(-c2cccc(Cl)c2)s1.